The van der Waals surface area contributed by atoms with Gasteiger partial charge in [-0.2, -0.15) is 17.0 Å². The van der Waals surface area contributed by atoms with Crippen LogP contribution in [-0.4, -0.2) is 44.2 Å². The molecule has 14 heavy (non-hydrogen) atoms. The van der Waals surface area contributed by atoms with Gasteiger partial charge in [-0.3, -0.25) is 0 Å². The third-order valence-corrected chi connectivity index (χ3v) is 4.50. The number of hydrogen-bond donors (Lipinski definition) is 0. The van der Waals surface area contributed by atoms with Gasteiger partial charge in [0.1, 0.15) is 0 Å². The molecule has 0 amide bonds. The van der Waals surface area contributed by atoms with E-state index >= 15 is 0 Å². The zero-order valence-corrected chi connectivity index (χ0v) is 10.2. The standard InChI is InChI=1S/C9H20N2O2S/c1-8-5-9(2)7-11(6-8)14(12,13)10(3)4/h8-9H,5-7H2,1-4H3. The maximum absolute atomic E-state index is 11.8. The molecule has 0 aromatic carbocycles. The van der Waals surface area contributed by atoms with Crippen molar-refractivity contribution in [3.63, 3.8) is 0 Å². The molecule has 0 saturated carbocycles. The van der Waals surface area contributed by atoms with Gasteiger partial charge >= 0.3 is 0 Å². The van der Waals surface area contributed by atoms with Gasteiger partial charge in [-0.25, -0.2) is 0 Å². The largest absolute Gasteiger partial charge is 0.281 e. The van der Waals surface area contributed by atoms with Crippen molar-refractivity contribution >= 4 is 10.2 Å². The molecule has 1 aliphatic heterocycles. The summed E-state index contributed by atoms with van der Waals surface area (Å²) in [5.74, 6) is 0.932. The molecule has 0 N–H and O–H groups in total. The Morgan fingerprint density at radius 3 is 1.93 bits per heavy atom. The molecular formula is C9H20N2O2S. The zero-order valence-electron chi connectivity index (χ0n) is 9.40. The molecule has 2 unspecified atom stereocenters. The van der Waals surface area contributed by atoms with Gasteiger partial charge in [-0.05, 0) is 18.3 Å². The van der Waals surface area contributed by atoms with Crippen molar-refractivity contribution in [2.75, 3.05) is 27.2 Å². The van der Waals surface area contributed by atoms with Gasteiger partial charge in [-0.1, -0.05) is 13.8 Å². The van der Waals surface area contributed by atoms with E-state index in [-0.39, 0.29) is 0 Å². The number of piperidine rings is 1. The summed E-state index contributed by atoms with van der Waals surface area (Å²) in [5.41, 5.74) is 0. The minimum atomic E-state index is -3.20. The molecule has 0 spiro atoms. The monoisotopic (exact) mass is 220 g/mol. The third-order valence-electron chi connectivity index (χ3n) is 2.62. The molecule has 1 aliphatic rings. The molecule has 1 saturated heterocycles. The molecule has 2 atom stereocenters. The average Bonchev–Trinajstić information content (AvgIpc) is 2.01. The van der Waals surface area contributed by atoms with Crippen molar-refractivity contribution in [1.82, 2.24) is 8.61 Å². The van der Waals surface area contributed by atoms with Crippen LogP contribution >= 0.6 is 0 Å². The Morgan fingerprint density at radius 1 is 1.14 bits per heavy atom. The Bertz CT molecular complexity index is 277. The van der Waals surface area contributed by atoms with Crippen molar-refractivity contribution in [2.24, 2.45) is 11.8 Å². The van der Waals surface area contributed by atoms with Crippen LogP contribution in [0.1, 0.15) is 20.3 Å². The van der Waals surface area contributed by atoms with Crippen LogP contribution in [0.15, 0.2) is 0 Å². The summed E-state index contributed by atoms with van der Waals surface area (Å²) < 4.78 is 26.5. The highest BCUT2D eigenvalue weighted by atomic mass is 32.2. The summed E-state index contributed by atoms with van der Waals surface area (Å²) in [5, 5.41) is 0. The molecule has 5 heteroatoms. The van der Waals surface area contributed by atoms with E-state index in [1.165, 1.54) is 4.31 Å². The predicted octanol–water partition coefficient (Wildman–Crippen LogP) is 0.771. The predicted molar refractivity (Wildman–Crippen MR) is 57.1 cm³/mol. The zero-order chi connectivity index (χ0) is 10.9. The van der Waals surface area contributed by atoms with Gasteiger partial charge in [-0.15, -0.1) is 0 Å². The third kappa shape index (κ3) is 2.46. The van der Waals surface area contributed by atoms with E-state index in [1.807, 2.05) is 0 Å². The topological polar surface area (TPSA) is 40.6 Å². The first-order chi connectivity index (χ1) is 6.34. The lowest BCUT2D eigenvalue weighted by Gasteiger charge is -2.35. The smallest absolute Gasteiger partial charge is 0.195 e. The lowest BCUT2D eigenvalue weighted by molar-refractivity contribution is 0.214. The summed E-state index contributed by atoms with van der Waals surface area (Å²) in [7, 11) is -0.0339. The summed E-state index contributed by atoms with van der Waals surface area (Å²) in [6.07, 6.45) is 1.12. The highest BCUT2D eigenvalue weighted by Gasteiger charge is 2.31. The fourth-order valence-corrected chi connectivity index (χ4v) is 3.37. The minimum absolute atomic E-state index is 0.466. The lowest BCUT2D eigenvalue weighted by atomic mass is 9.94. The summed E-state index contributed by atoms with van der Waals surface area (Å²) in [4.78, 5) is 0. The van der Waals surface area contributed by atoms with Gasteiger partial charge in [0.15, 0.2) is 0 Å². The van der Waals surface area contributed by atoms with Crippen LogP contribution in [0.3, 0.4) is 0 Å². The van der Waals surface area contributed by atoms with Crippen LogP contribution in [0.2, 0.25) is 0 Å². The second-order valence-corrected chi connectivity index (χ2v) is 6.70. The first-order valence-corrected chi connectivity index (χ1v) is 6.41. The van der Waals surface area contributed by atoms with E-state index in [0.717, 1.165) is 6.42 Å². The van der Waals surface area contributed by atoms with Crippen LogP contribution in [0.5, 0.6) is 0 Å². The first-order valence-electron chi connectivity index (χ1n) is 5.01. The second kappa shape index (κ2) is 4.16. The number of hydrogen-bond acceptors (Lipinski definition) is 2. The molecule has 0 aromatic heterocycles. The Hall–Kier alpha value is -0.130. The Kier molecular flexibility index (Phi) is 3.55. The maximum Gasteiger partial charge on any atom is 0.281 e. The van der Waals surface area contributed by atoms with E-state index in [4.69, 9.17) is 0 Å². The quantitative estimate of drug-likeness (QED) is 0.689. The van der Waals surface area contributed by atoms with Gasteiger partial charge in [0.05, 0.1) is 0 Å². The van der Waals surface area contributed by atoms with E-state index in [1.54, 1.807) is 18.4 Å². The Balaban J connectivity index is 2.78. The van der Waals surface area contributed by atoms with E-state index in [2.05, 4.69) is 13.8 Å². The van der Waals surface area contributed by atoms with Crippen LogP contribution in [0, 0.1) is 11.8 Å². The van der Waals surface area contributed by atoms with Crippen LogP contribution in [0.4, 0.5) is 0 Å². The van der Waals surface area contributed by atoms with Gasteiger partial charge in [0.25, 0.3) is 10.2 Å². The summed E-state index contributed by atoms with van der Waals surface area (Å²) in [6.45, 7) is 5.53. The first kappa shape index (κ1) is 11.9. The van der Waals surface area contributed by atoms with E-state index < -0.39 is 10.2 Å². The number of rotatable bonds is 2. The minimum Gasteiger partial charge on any atom is -0.195 e. The van der Waals surface area contributed by atoms with Gasteiger partial charge < -0.3 is 0 Å². The molecule has 84 valence electrons. The van der Waals surface area contributed by atoms with Gasteiger partial charge in [0, 0.05) is 27.2 Å². The normalized spacial score (nSPS) is 30.9. The van der Waals surface area contributed by atoms with Crippen molar-refractivity contribution in [2.45, 2.75) is 20.3 Å². The van der Waals surface area contributed by atoms with Crippen LogP contribution < -0.4 is 0 Å². The molecular weight excluding hydrogens is 200 g/mol. The fraction of sp³-hybridized carbons (Fsp3) is 1.00. The van der Waals surface area contributed by atoms with E-state index in [9.17, 15) is 8.42 Å². The van der Waals surface area contributed by atoms with Crippen molar-refractivity contribution in [3.8, 4) is 0 Å². The number of nitrogens with zero attached hydrogens (tertiary/aromatic N) is 2. The van der Waals surface area contributed by atoms with Crippen molar-refractivity contribution < 1.29 is 8.42 Å². The molecule has 0 bridgehead atoms. The van der Waals surface area contributed by atoms with Crippen molar-refractivity contribution in [1.29, 1.82) is 0 Å². The molecule has 1 fully saturated rings. The Labute approximate surface area is 87.1 Å². The highest BCUT2D eigenvalue weighted by molar-refractivity contribution is 7.86. The molecule has 0 radical (unpaired) electrons. The molecule has 0 aromatic rings. The SMILES string of the molecule is CC1CC(C)CN(S(=O)(=O)N(C)C)C1. The maximum atomic E-state index is 11.8. The van der Waals surface area contributed by atoms with E-state index in [0.29, 0.717) is 24.9 Å². The Morgan fingerprint density at radius 2 is 1.57 bits per heavy atom. The fourth-order valence-electron chi connectivity index (χ4n) is 2.03. The molecule has 0 aliphatic carbocycles. The molecule has 1 rings (SSSR count). The highest BCUT2D eigenvalue weighted by Crippen LogP contribution is 2.23. The summed E-state index contributed by atoms with van der Waals surface area (Å²) >= 11 is 0. The second-order valence-electron chi connectivity index (χ2n) is 4.55. The molecule has 1 heterocycles. The summed E-state index contributed by atoms with van der Waals surface area (Å²) in [6, 6.07) is 0. The van der Waals surface area contributed by atoms with Gasteiger partial charge in [0.2, 0.25) is 0 Å². The molecule has 4 nitrogen and oxygen atoms in total. The lowest BCUT2D eigenvalue weighted by Crippen LogP contribution is -2.47. The van der Waals surface area contributed by atoms with Crippen molar-refractivity contribution in [3.05, 3.63) is 0 Å². The average molecular weight is 220 g/mol. The van der Waals surface area contributed by atoms with Crippen LogP contribution in [-0.2, 0) is 10.2 Å². The van der Waals surface area contributed by atoms with Crippen LogP contribution in [0.25, 0.3) is 0 Å².